The first kappa shape index (κ1) is 13.7. The minimum Gasteiger partial charge on any atom is -0.339 e. The van der Waals surface area contributed by atoms with Gasteiger partial charge >= 0.3 is 6.03 Å². The molecule has 0 saturated carbocycles. The van der Waals surface area contributed by atoms with Crippen LogP contribution in [0.2, 0.25) is 0 Å². The second kappa shape index (κ2) is 5.99. The van der Waals surface area contributed by atoms with Gasteiger partial charge in [-0.25, -0.2) is 4.79 Å². The highest BCUT2D eigenvalue weighted by Gasteiger charge is 2.36. The van der Waals surface area contributed by atoms with Gasteiger partial charge in [0.2, 0.25) is 5.91 Å². The number of piperidine rings is 1. The fraction of sp³-hybridized carbons (Fsp3) is 0.857. The molecule has 3 amide bonds. The van der Waals surface area contributed by atoms with Gasteiger partial charge in [0.15, 0.2) is 0 Å². The summed E-state index contributed by atoms with van der Waals surface area (Å²) in [6, 6.07) is 0.205. The van der Waals surface area contributed by atoms with Gasteiger partial charge in [-0.2, -0.15) is 0 Å². The zero-order chi connectivity index (χ0) is 13.9. The molecule has 0 radical (unpaired) electrons. The molecule has 3 rings (SSSR count). The number of rotatable bonds is 3. The lowest BCUT2D eigenvalue weighted by atomic mass is 9.93. The van der Waals surface area contributed by atoms with E-state index in [0.29, 0.717) is 38.5 Å². The first-order chi connectivity index (χ1) is 9.74. The summed E-state index contributed by atoms with van der Waals surface area (Å²) in [4.78, 5) is 27.6. The topological polar surface area (TPSA) is 64.7 Å². The molecule has 0 aromatic carbocycles. The number of piperazine rings is 1. The van der Waals surface area contributed by atoms with Crippen molar-refractivity contribution >= 4 is 11.9 Å². The molecular weight excluding hydrogens is 256 g/mol. The Hall–Kier alpha value is -1.30. The van der Waals surface area contributed by atoms with Gasteiger partial charge in [0, 0.05) is 32.6 Å². The Kier molecular flexibility index (Phi) is 4.10. The molecule has 0 spiro atoms. The summed E-state index contributed by atoms with van der Waals surface area (Å²) in [5, 5.41) is 6.20. The lowest BCUT2D eigenvalue weighted by Crippen LogP contribution is -2.53. The number of nitrogens with zero attached hydrogens (tertiary/aromatic N) is 2. The van der Waals surface area contributed by atoms with Crippen LogP contribution >= 0.6 is 0 Å². The van der Waals surface area contributed by atoms with Crippen LogP contribution in [0.15, 0.2) is 0 Å². The molecule has 3 aliphatic rings. The molecule has 20 heavy (non-hydrogen) atoms. The summed E-state index contributed by atoms with van der Waals surface area (Å²) in [5.74, 6) is 0.971. The van der Waals surface area contributed by atoms with Gasteiger partial charge in [0.05, 0.1) is 6.04 Å². The molecule has 1 atom stereocenters. The first-order valence-electron chi connectivity index (χ1n) is 7.77. The maximum Gasteiger partial charge on any atom is 0.317 e. The standard InChI is InChI=1S/C14H24N4O2/c19-13(2-1-11-3-5-15-6-4-11)17-7-8-18-12(10-17)9-16-14(18)20/h11-12,15H,1-10H2,(H,16,20). The monoisotopic (exact) mass is 280 g/mol. The number of amides is 3. The molecule has 2 N–H and O–H groups in total. The van der Waals surface area contributed by atoms with E-state index in [1.165, 1.54) is 12.8 Å². The molecule has 6 heteroatoms. The third kappa shape index (κ3) is 2.90. The van der Waals surface area contributed by atoms with Crippen molar-refractivity contribution in [3.63, 3.8) is 0 Å². The highest BCUT2D eigenvalue weighted by Crippen LogP contribution is 2.20. The van der Waals surface area contributed by atoms with E-state index in [2.05, 4.69) is 10.6 Å². The van der Waals surface area contributed by atoms with Crippen LogP contribution in [0.3, 0.4) is 0 Å². The number of hydrogen-bond donors (Lipinski definition) is 2. The van der Waals surface area contributed by atoms with Gasteiger partial charge in [-0.15, -0.1) is 0 Å². The predicted octanol–water partition coefficient (Wildman–Crippen LogP) is 0.00220. The van der Waals surface area contributed by atoms with E-state index in [1.807, 2.05) is 9.80 Å². The third-order valence-corrected chi connectivity index (χ3v) is 4.81. The zero-order valence-corrected chi connectivity index (χ0v) is 11.9. The highest BCUT2D eigenvalue weighted by atomic mass is 16.2. The normalized spacial score (nSPS) is 27.4. The summed E-state index contributed by atoms with van der Waals surface area (Å²) in [7, 11) is 0. The van der Waals surface area contributed by atoms with Gasteiger partial charge in [0.25, 0.3) is 0 Å². The number of nitrogens with one attached hydrogen (secondary N) is 2. The molecule has 0 aromatic rings. The maximum absolute atomic E-state index is 12.3. The van der Waals surface area contributed by atoms with Gasteiger partial charge in [-0.3, -0.25) is 4.79 Å². The number of fused-ring (bicyclic) bond motifs is 1. The Bertz CT molecular complexity index is 381. The molecule has 6 nitrogen and oxygen atoms in total. The summed E-state index contributed by atoms with van der Waals surface area (Å²) in [5.41, 5.74) is 0. The Labute approximate surface area is 119 Å². The molecule has 3 aliphatic heterocycles. The van der Waals surface area contributed by atoms with E-state index in [4.69, 9.17) is 0 Å². The van der Waals surface area contributed by atoms with Crippen LogP contribution in [-0.2, 0) is 4.79 Å². The van der Waals surface area contributed by atoms with Crippen molar-refractivity contribution in [2.45, 2.75) is 31.7 Å². The van der Waals surface area contributed by atoms with Crippen LogP contribution in [0, 0.1) is 5.92 Å². The average molecular weight is 280 g/mol. The fourth-order valence-electron chi connectivity index (χ4n) is 3.49. The summed E-state index contributed by atoms with van der Waals surface area (Å²) < 4.78 is 0. The molecule has 3 heterocycles. The molecule has 0 bridgehead atoms. The molecule has 3 fully saturated rings. The van der Waals surface area contributed by atoms with Crippen molar-refractivity contribution in [3.05, 3.63) is 0 Å². The van der Waals surface area contributed by atoms with Crippen molar-refractivity contribution in [1.29, 1.82) is 0 Å². The van der Waals surface area contributed by atoms with Crippen LogP contribution < -0.4 is 10.6 Å². The fourth-order valence-corrected chi connectivity index (χ4v) is 3.49. The second-order valence-corrected chi connectivity index (χ2v) is 6.11. The molecule has 3 saturated heterocycles. The van der Waals surface area contributed by atoms with Crippen molar-refractivity contribution in [3.8, 4) is 0 Å². The maximum atomic E-state index is 12.3. The quantitative estimate of drug-likeness (QED) is 0.765. The van der Waals surface area contributed by atoms with E-state index in [1.54, 1.807) is 0 Å². The first-order valence-corrected chi connectivity index (χ1v) is 7.77. The molecular formula is C14H24N4O2. The van der Waals surface area contributed by atoms with Crippen LogP contribution in [-0.4, -0.2) is 67.0 Å². The van der Waals surface area contributed by atoms with Crippen LogP contribution in [0.25, 0.3) is 0 Å². The van der Waals surface area contributed by atoms with E-state index < -0.39 is 0 Å². The van der Waals surface area contributed by atoms with E-state index in [0.717, 1.165) is 19.5 Å². The lowest BCUT2D eigenvalue weighted by Gasteiger charge is -2.36. The predicted molar refractivity (Wildman–Crippen MR) is 75.3 cm³/mol. The summed E-state index contributed by atoms with van der Waals surface area (Å²) in [6.07, 6.45) is 4.07. The minimum absolute atomic E-state index is 0.0248. The van der Waals surface area contributed by atoms with Crippen molar-refractivity contribution in [1.82, 2.24) is 20.4 Å². The average Bonchev–Trinajstić information content (AvgIpc) is 2.87. The van der Waals surface area contributed by atoms with E-state index in [-0.39, 0.29) is 18.0 Å². The SMILES string of the molecule is O=C(CCC1CCNCC1)N1CCN2C(=O)NCC2C1. The highest BCUT2D eigenvalue weighted by molar-refractivity contribution is 5.79. The number of hydrogen-bond acceptors (Lipinski definition) is 3. The van der Waals surface area contributed by atoms with Crippen molar-refractivity contribution < 1.29 is 9.59 Å². The van der Waals surface area contributed by atoms with Crippen LogP contribution in [0.4, 0.5) is 4.79 Å². The number of carbonyl (C=O) groups excluding carboxylic acids is 2. The van der Waals surface area contributed by atoms with Crippen LogP contribution in [0.5, 0.6) is 0 Å². The van der Waals surface area contributed by atoms with Gasteiger partial charge < -0.3 is 20.4 Å². The van der Waals surface area contributed by atoms with Crippen molar-refractivity contribution in [2.75, 3.05) is 39.3 Å². The molecule has 0 aliphatic carbocycles. The Morgan fingerprint density at radius 3 is 2.85 bits per heavy atom. The molecule has 1 unspecified atom stereocenters. The zero-order valence-electron chi connectivity index (χ0n) is 11.9. The summed E-state index contributed by atoms with van der Waals surface area (Å²) >= 11 is 0. The van der Waals surface area contributed by atoms with Crippen molar-refractivity contribution in [2.24, 2.45) is 5.92 Å². The Morgan fingerprint density at radius 1 is 1.25 bits per heavy atom. The van der Waals surface area contributed by atoms with E-state index in [9.17, 15) is 9.59 Å². The molecule has 112 valence electrons. The van der Waals surface area contributed by atoms with E-state index >= 15 is 0 Å². The lowest BCUT2D eigenvalue weighted by molar-refractivity contribution is -0.133. The summed E-state index contributed by atoms with van der Waals surface area (Å²) in [6.45, 7) is 4.92. The van der Waals surface area contributed by atoms with Gasteiger partial charge in [-0.1, -0.05) is 0 Å². The van der Waals surface area contributed by atoms with Crippen LogP contribution in [0.1, 0.15) is 25.7 Å². The second-order valence-electron chi connectivity index (χ2n) is 6.11. The van der Waals surface area contributed by atoms with Gasteiger partial charge in [0.1, 0.15) is 0 Å². The smallest absolute Gasteiger partial charge is 0.317 e. The largest absolute Gasteiger partial charge is 0.339 e. The molecule has 0 aromatic heterocycles. The minimum atomic E-state index is 0.0248. The number of carbonyl (C=O) groups is 2. The number of urea groups is 1. The third-order valence-electron chi connectivity index (χ3n) is 4.81. The van der Waals surface area contributed by atoms with Gasteiger partial charge in [-0.05, 0) is 38.3 Å². The Morgan fingerprint density at radius 2 is 2.05 bits per heavy atom. The Balaban J connectivity index is 1.44.